The van der Waals surface area contributed by atoms with Crippen LogP contribution in [0.5, 0.6) is 0 Å². The maximum atomic E-state index is 13.6. The summed E-state index contributed by atoms with van der Waals surface area (Å²) in [6.07, 6.45) is 0.398. The molecule has 0 aliphatic rings. The van der Waals surface area contributed by atoms with Crippen LogP contribution in [0.1, 0.15) is 35.3 Å². The highest BCUT2D eigenvalue weighted by molar-refractivity contribution is 5.97. The molecule has 0 unspecified atom stereocenters. The first-order valence-electron chi connectivity index (χ1n) is 8.77. The molecule has 0 saturated heterocycles. The molecule has 0 fully saturated rings. The van der Waals surface area contributed by atoms with Crippen molar-refractivity contribution in [3.8, 4) is 0 Å². The van der Waals surface area contributed by atoms with E-state index >= 15 is 0 Å². The van der Waals surface area contributed by atoms with Crippen LogP contribution < -0.4 is 10.6 Å². The SMILES string of the molecule is Cc1cccc(C(=O)N[C@H](C(=O)NCCc2ccccc2F)C(C)C)c1. The van der Waals surface area contributed by atoms with Crippen LogP contribution >= 0.6 is 0 Å². The van der Waals surface area contributed by atoms with E-state index in [0.29, 0.717) is 24.1 Å². The van der Waals surface area contributed by atoms with E-state index in [-0.39, 0.29) is 23.5 Å². The fraction of sp³-hybridized carbons (Fsp3) is 0.333. The van der Waals surface area contributed by atoms with Gasteiger partial charge in [-0.2, -0.15) is 0 Å². The van der Waals surface area contributed by atoms with Gasteiger partial charge < -0.3 is 10.6 Å². The molecule has 0 radical (unpaired) electrons. The van der Waals surface area contributed by atoms with Crippen molar-refractivity contribution in [1.82, 2.24) is 10.6 Å². The predicted molar refractivity (Wildman–Crippen MR) is 100 cm³/mol. The van der Waals surface area contributed by atoms with Gasteiger partial charge in [-0.05, 0) is 43.0 Å². The highest BCUT2D eigenvalue weighted by Gasteiger charge is 2.24. The summed E-state index contributed by atoms with van der Waals surface area (Å²) < 4.78 is 13.6. The quantitative estimate of drug-likeness (QED) is 0.800. The number of nitrogens with one attached hydrogen (secondary N) is 2. The Morgan fingerprint density at radius 1 is 1.08 bits per heavy atom. The van der Waals surface area contributed by atoms with Crippen molar-refractivity contribution in [2.75, 3.05) is 6.54 Å². The van der Waals surface area contributed by atoms with Gasteiger partial charge in [0.15, 0.2) is 0 Å². The van der Waals surface area contributed by atoms with Gasteiger partial charge >= 0.3 is 0 Å². The van der Waals surface area contributed by atoms with E-state index in [1.165, 1.54) is 6.07 Å². The Hall–Kier alpha value is -2.69. The zero-order chi connectivity index (χ0) is 19.1. The Kier molecular flexibility index (Phi) is 6.89. The summed E-state index contributed by atoms with van der Waals surface area (Å²) in [5.74, 6) is -0.902. The molecule has 0 heterocycles. The highest BCUT2D eigenvalue weighted by Crippen LogP contribution is 2.09. The van der Waals surface area contributed by atoms with Gasteiger partial charge in [-0.15, -0.1) is 0 Å². The lowest BCUT2D eigenvalue weighted by molar-refractivity contribution is -0.123. The second-order valence-electron chi connectivity index (χ2n) is 6.70. The van der Waals surface area contributed by atoms with Gasteiger partial charge in [0.2, 0.25) is 5.91 Å². The third-order valence-electron chi connectivity index (χ3n) is 4.17. The average molecular weight is 356 g/mol. The van der Waals surface area contributed by atoms with Gasteiger partial charge in [-0.3, -0.25) is 9.59 Å². The maximum absolute atomic E-state index is 13.6. The Balaban J connectivity index is 1.94. The molecule has 26 heavy (non-hydrogen) atoms. The van der Waals surface area contributed by atoms with Gasteiger partial charge in [0.25, 0.3) is 5.91 Å². The van der Waals surface area contributed by atoms with Crippen LogP contribution in [0.3, 0.4) is 0 Å². The van der Waals surface area contributed by atoms with Crippen molar-refractivity contribution in [2.24, 2.45) is 5.92 Å². The topological polar surface area (TPSA) is 58.2 Å². The first-order chi connectivity index (χ1) is 12.4. The molecule has 0 spiro atoms. The van der Waals surface area contributed by atoms with Crippen LogP contribution in [0.4, 0.5) is 4.39 Å². The number of carbonyl (C=O) groups is 2. The van der Waals surface area contributed by atoms with Crippen LogP contribution in [0.2, 0.25) is 0 Å². The van der Waals surface area contributed by atoms with Crippen molar-refractivity contribution >= 4 is 11.8 Å². The molecule has 2 amide bonds. The average Bonchev–Trinajstić information content (AvgIpc) is 2.60. The molecule has 0 saturated carbocycles. The summed E-state index contributed by atoms with van der Waals surface area (Å²) in [5.41, 5.74) is 2.06. The van der Waals surface area contributed by atoms with E-state index in [0.717, 1.165) is 5.56 Å². The number of hydrogen-bond acceptors (Lipinski definition) is 2. The monoisotopic (exact) mass is 356 g/mol. The van der Waals surface area contributed by atoms with Crippen LogP contribution in [-0.4, -0.2) is 24.4 Å². The van der Waals surface area contributed by atoms with Crippen LogP contribution in [0.15, 0.2) is 48.5 Å². The van der Waals surface area contributed by atoms with Crippen molar-refractivity contribution < 1.29 is 14.0 Å². The van der Waals surface area contributed by atoms with Gasteiger partial charge in [0.1, 0.15) is 11.9 Å². The zero-order valence-corrected chi connectivity index (χ0v) is 15.4. The Labute approximate surface area is 153 Å². The molecule has 5 heteroatoms. The van der Waals surface area contributed by atoms with Gasteiger partial charge in [-0.1, -0.05) is 49.7 Å². The Morgan fingerprint density at radius 2 is 1.81 bits per heavy atom. The fourth-order valence-electron chi connectivity index (χ4n) is 2.68. The standard InChI is InChI=1S/C21H25FN2O2/c1-14(2)19(24-20(25)17-9-6-7-15(3)13-17)21(26)23-12-11-16-8-4-5-10-18(16)22/h4-10,13-14,19H,11-12H2,1-3H3,(H,23,26)(H,24,25)/t19-/m0/s1. The van der Waals surface area contributed by atoms with Crippen molar-refractivity contribution in [2.45, 2.75) is 33.2 Å². The van der Waals surface area contributed by atoms with Crippen LogP contribution in [-0.2, 0) is 11.2 Å². The lowest BCUT2D eigenvalue weighted by Gasteiger charge is -2.22. The minimum absolute atomic E-state index is 0.0720. The van der Waals surface area contributed by atoms with Crippen LogP contribution in [0, 0.1) is 18.7 Å². The number of benzene rings is 2. The summed E-state index contributed by atoms with van der Waals surface area (Å²) in [5, 5.41) is 5.58. The second-order valence-corrected chi connectivity index (χ2v) is 6.70. The molecule has 2 N–H and O–H groups in total. The molecule has 0 aliphatic heterocycles. The van der Waals surface area contributed by atoms with Gasteiger partial charge in [-0.25, -0.2) is 4.39 Å². The first kappa shape index (κ1) is 19.6. The second kappa shape index (κ2) is 9.13. The highest BCUT2D eigenvalue weighted by atomic mass is 19.1. The lowest BCUT2D eigenvalue weighted by atomic mass is 10.0. The summed E-state index contributed by atoms with van der Waals surface area (Å²) >= 11 is 0. The third kappa shape index (κ3) is 5.41. The fourth-order valence-corrected chi connectivity index (χ4v) is 2.68. The molecule has 2 aromatic rings. The summed E-state index contributed by atoms with van der Waals surface area (Å²) in [7, 11) is 0. The minimum Gasteiger partial charge on any atom is -0.354 e. The number of rotatable bonds is 7. The molecule has 1 atom stereocenters. The lowest BCUT2D eigenvalue weighted by Crippen LogP contribution is -2.50. The van der Waals surface area contributed by atoms with Gasteiger partial charge in [0, 0.05) is 12.1 Å². The molecule has 2 aromatic carbocycles. The maximum Gasteiger partial charge on any atom is 0.251 e. The van der Waals surface area contributed by atoms with E-state index in [9.17, 15) is 14.0 Å². The third-order valence-corrected chi connectivity index (χ3v) is 4.17. The number of carbonyl (C=O) groups excluding carboxylic acids is 2. The molecule has 4 nitrogen and oxygen atoms in total. The minimum atomic E-state index is -0.649. The van der Waals surface area contributed by atoms with Crippen molar-refractivity contribution in [3.63, 3.8) is 0 Å². The molecule has 0 bridgehead atoms. The normalized spacial score (nSPS) is 11.9. The van der Waals surface area contributed by atoms with Crippen molar-refractivity contribution in [3.05, 3.63) is 71.0 Å². The summed E-state index contributed by atoms with van der Waals surface area (Å²) in [6, 6.07) is 13.1. The van der Waals surface area contributed by atoms with E-state index in [1.807, 2.05) is 32.9 Å². The van der Waals surface area contributed by atoms with E-state index < -0.39 is 6.04 Å². The van der Waals surface area contributed by atoms with Crippen LogP contribution in [0.25, 0.3) is 0 Å². The van der Waals surface area contributed by atoms with E-state index in [1.54, 1.807) is 30.3 Å². The summed E-state index contributed by atoms with van der Waals surface area (Å²) in [6.45, 7) is 5.96. The van der Waals surface area contributed by atoms with E-state index in [2.05, 4.69) is 10.6 Å². The molecular weight excluding hydrogens is 331 g/mol. The number of halogens is 1. The Morgan fingerprint density at radius 3 is 2.46 bits per heavy atom. The molecular formula is C21H25FN2O2. The first-order valence-corrected chi connectivity index (χ1v) is 8.77. The molecule has 138 valence electrons. The molecule has 0 aromatic heterocycles. The largest absolute Gasteiger partial charge is 0.354 e. The van der Waals surface area contributed by atoms with Gasteiger partial charge in [0.05, 0.1) is 0 Å². The van der Waals surface area contributed by atoms with Crippen molar-refractivity contribution in [1.29, 1.82) is 0 Å². The predicted octanol–water partition coefficient (Wildman–Crippen LogP) is 3.25. The smallest absolute Gasteiger partial charge is 0.251 e. The number of amides is 2. The molecule has 2 rings (SSSR count). The Bertz CT molecular complexity index is 774. The number of hydrogen-bond donors (Lipinski definition) is 2. The van der Waals surface area contributed by atoms with E-state index in [4.69, 9.17) is 0 Å². The summed E-state index contributed by atoms with van der Waals surface area (Å²) in [4.78, 5) is 24.9. The zero-order valence-electron chi connectivity index (χ0n) is 15.4. The molecule has 0 aliphatic carbocycles. The number of aryl methyl sites for hydroxylation is 1.